The Labute approximate surface area is 218 Å². The molecule has 0 bridgehead atoms. The predicted octanol–water partition coefficient (Wildman–Crippen LogP) is 4.81. The second kappa shape index (κ2) is 12.0. The number of aromatic nitrogens is 4. The average Bonchev–Trinajstić information content (AvgIpc) is 3.41. The lowest BCUT2D eigenvalue weighted by Crippen LogP contribution is -2.48. The number of nitrogens with one attached hydrogen (secondary N) is 3. The third-order valence-corrected chi connectivity index (χ3v) is 7.30. The van der Waals surface area contributed by atoms with Crippen LogP contribution >= 0.6 is 0 Å². The molecule has 0 unspecified atom stereocenters. The number of hydrogen-bond acceptors (Lipinski definition) is 5. The fourth-order valence-corrected chi connectivity index (χ4v) is 5.03. The van der Waals surface area contributed by atoms with E-state index in [1.54, 1.807) is 12.1 Å². The van der Waals surface area contributed by atoms with Crippen LogP contribution < -0.4 is 10.6 Å². The van der Waals surface area contributed by atoms with Crippen LogP contribution in [-0.4, -0.2) is 50.0 Å². The molecular weight excluding hydrogens is 466 g/mol. The van der Waals surface area contributed by atoms with Gasteiger partial charge >= 0.3 is 6.03 Å². The van der Waals surface area contributed by atoms with Crippen LogP contribution in [-0.2, 0) is 13.0 Å². The fourth-order valence-electron chi connectivity index (χ4n) is 5.03. The summed E-state index contributed by atoms with van der Waals surface area (Å²) in [5.41, 5.74) is 2.95. The van der Waals surface area contributed by atoms with Gasteiger partial charge in [0.2, 0.25) is 0 Å². The lowest BCUT2D eigenvalue weighted by Gasteiger charge is -2.41. The summed E-state index contributed by atoms with van der Waals surface area (Å²) in [6, 6.07) is 17.7. The van der Waals surface area contributed by atoms with Gasteiger partial charge < -0.3 is 10.2 Å². The summed E-state index contributed by atoms with van der Waals surface area (Å²) in [6.45, 7) is 8.01. The van der Waals surface area contributed by atoms with E-state index < -0.39 is 0 Å². The smallest absolute Gasteiger partial charge is 0.317 e. The minimum atomic E-state index is -0.316. The van der Waals surface area contributed by atoms with Gasteiger partial charge in [0.05, 0.1) is 0 Å². The summed E-state index contributed by atoms with van der Waals surface area (Å²) in [5, 5.41) is 19.0. The van der Waals surface area contributed by atoms with Crippen LogP contribution in [0.1, 0.15) is 67.9 Å². The van der Waals surface area contributed by atoms with Crippen LogP contribution in [0, 0.1) is 11.3 Å². The van der Waals surface area contributed by atoms with Gasteiger partial charge in [0.1, 0.15) is 0 Å². The Hall–Kier alpha value is -3.75. The molecule has 3 N–H and O–H groups in total. The number of H-pyrrole nitrogens is 1. The van der Waals surface area contributed by atoms with Crippen molar-refractivity contribution >= 4 is 17.9 Å². The number of nitrogens with zero attached hydrogens (tertiary/aromatic N) is 4. The van der Waals surface area contributed by atoms with Crippen molar-refractivity contribution in [2.75, 3.05) is 11.9 Å². The van der Waals surface area contributed by atoms with Crippen molar-refractivity contribution in [3.8, 4) is 0 Å². The van der Waals surface area contributed by atoms with E-state index in [-0.39, 0.29) is 29.3 Å². The van der Waals surface area contributed by atoms with Crippen LogP contribution in [0.4, 0.5) is 10.7 Å². The molecule has 9 heteroatoms. The van der Waals surface area contributed by atoms with Gasteiger partial charge in [-0.3, -0.25) is 10.1 Å². The molecule has 0 atom stereocenters. The van der Waals surface area contributed by atoms with E-state index in [4.69, 9.17) is 0 Å². The van der Waals surface area contributed by atoms with Crippen LogP contribution in [0.3, 0.4) is 0 Å². The number of hydrogen-bond donors (Lipinski definition) is 3. The van der Waals surface area contributed by atoms with E-state index in [0.29, 0.717) is 24.6 Å². The van der Waals surface area contributed by atoms with E-state index in [2.05, 4.69) is 64.2 Å². The SMILES string of the molecule is CC(C)(C)C1CCC(N(Cc2ccc(C(=O)Nc3nn[nH]n3)cc2)C(=O)NCCc2ccccc2)CC1. The van der Waals surface area contributed by atoms with Gasteiger partial charge in [0.15, 0.2) is 0 Å². The molecule has 0 radical (unpaired) electrons. The molecule has 196 valence electrons. The molecule has 3 aromatic rings. The molecule has 0 spiro atoms. The van der Waals surface area contributed by atoms with Crippen LogP contribution in [0.25, 0.3) is 0 Å². The highest BCUT2D eigenvalue weighted by atomic mass is 16.2. The third-order valence-electron chi connectivity index (χ3n) is 7.30. The monoisotopic (exact) mass is 503 g/mol. The van der Waals surface area contributed by atoms with Crippen molar-refractivity contribution in [3.63, 3.8) is 0 Å². The normalized spacial score (nSPS) is 17.7. The highest BCUT2D eigenvalue weighted by Gasteiger charge is 2.33. The first-order valence-corrected chi connectivity index (χ1v) is 13.0. The molecule has 1 aliphatic carbocycles. The predicted molar refractivity (Wildman–Crippen MR) is 143 cm³/mol. The Bertz CT molecular complexity index is 1130. The van der Waals surface area contributed by atoms with Gasteiger partial charge in [0.25, 0.3) is 11.9 Å². The summed E-state index contributed by atoms with van der Waals surface area (Å²) in [4.78, 5) is 27.8. The molecule has 1 aromatic heterocycles. The van der Waals surface area contributed by atoms with E-state index in [1.807, 2.05) is 35.2 Å². The summed E-state index contributed by atoms with van der Waals surface area (Å²) >= 11 is 0. The first-order valence-electron chi connectivity index (χ1n) is 13.0. The second-order valence-electron chi connectivity index (χ2n) is 10.9. The zero-order valence-electron chi connectivity index (χ0n) is 21.9. The molecule has 4 rings (SSSR count). The maximum atomic E-state index is 13.4. The number of rotatable bonds is 8. The van der Waals surface area contributed by atoms with Gasteiger partial charge in [0, 0.05) is 24.7 Å². The van der Waals surface area contributed by atoms with Crippen molar-refractivity contribution in [2.45, 2.75) is 65.5 Å². The number of benzene rings is 2. The van der Waals surface area contributed by atoms with Gasteiger partial charge in [-0.1, -0.05) is 68.3 Å². The van der Waals surface area contributed by atoms with Gasteiger partial charge in [-0.15, -0.1) is 5.10 Å². The highest BCUT2D eigenvalue weighted by molar-refractivity contribution is 6.03. The highest BCUT2D eigenvalue weighted by Crippen LogP contribution is 2.39. The molecule has 3 amide bonds. The maximum absolute atomic E-state index is 13.4. The molecule has 0 aliphatic heterocycles. The molecule has 37 heavy (non-hydrogen) atoms. The van der Waals surface area contributed by atoms with E-state index in [9.17, 15) is 9.59 Å². The summed E-state index contributed by atoms with van der Waals surface area (Å²) in [5.74, 6) is 0.478. The maximum Gasteiger partial charge on any atom is 0.317 e. The lowest BCUT2D eigenvalue weighted by atomic mass is 9.71. The number of amides is 3. The van der Waals surface area contributed by atoms with Crippen molar-refractivity contribution in [1.82, 2.24) is 30.8 Å². The molecular formula is C28H37N7O2. The summed E-state index contributed by atoms with van der Waals surface area (Å²) in [6.07, 6.45) is 5.04. The zero-order chi connectivity index (χ0) is 26.3. The van der Waals surface area contributed by atoms with E-state index in [0.717, 1.165) is 37.7 Å². The number of tetrazole rings is 1. The van der Waals surface area contributed by atoms with Crippen molar-refractivity contribution < 1.29 is 9.59 Å². The standard InChI is InChI=1S/C28H37N7O2/c1-28(2,3)23-13-15-24(16-14-23)35(27(37)29-18-17-20-7-5-4-6-8-20)19-21-9-11-22(12-10-21)25(36)30-26-31-33-34-32-26/h4-12,23-24H,13-19H2,1-3H3,(H,29,37)(H2,30,31,32,33,34,36). The molecule has 1 saturated carbocycles. The van der Waals surface area contributed by atoms with Crippen LogP contribution in [0.2, 0.25) is 0 Å². The Balaban J connectivity index is 1.41. The first-order chi connectivity index (χ1) is 17.8. The minimum Gasteiger partial charge on any atom is -0.338 e. The third kappa shape index (κ3) is 7.38. The van der Waals surface area contributed by atoms with Gasteiger partial charge in [-0.2, -0.15) is 5.21 Å². The van der Waals surface area contributed by atoms with E-state index >= 15 is 0 Å². The van der Waals surface area contributed by atoms with E-state index in [1.165, 1.54) is 5.56 Å². The van der Waals surface area contributed by atoms with Crippen LogP contribution in [0.15, 0.2) is 54.6 Å². The first kappa shape index (κ1) is 26.3. The Morgan fingerprint density at radius 2 is 1.68 bits per heavy atom. The van der Waals surface area contributed by atoms with Crippen molar-refractivity contribution in [3.05, 3.63) is 71.3 Å². The average molecular weight is 504 g/mol. The number of aromatic amines is 1. The zero-order valence-corrected chi connectivity index (χ0v) is 21.9. The fraction of sp³-hybridized carbons (Fsp3) is 0.464. The Morgan fingerprint density at radius 1 is 0.973 bits per heavy atom. The number of urea groups is 1. The molecule has 1 heterocycles. The van der Waals surface area contributed by atoms with Gasteiger partial charge in [-0.25, -0.2) is 4.79 Å². The largest absolute Gasteiger partial charge is 0.338 e. The summed E-state index contributed by atoms with van der Waals surface area (Å²) < 4.78 is 0. The minimum absolute atomic E-state index is 0.0333. The molecule has 2 aromatic carbocycles. The topological polar surface area (TPSA) is 116 Å². The number of carbonyl (C=O) groups is 2. The summed E-state index contributed by atoms with van der Waals surface area (Å²) in [7, 11) is 0. The molecule has 0 saturated heterocycles. The van der Waals surface area contributed by atoms with Crippen molar-refractivity contribution in [2.24, 2.45) is 11.3 Å². The molecule has 9 nitrogen and oxygen atoms in total. The van der Waals surface area contributed by atoms with Crippen molar-refractivity contribution in [1.29, 1.82) is 0 Å². The molecule has 1 fully saturated rings. The Morgan fingerprint density at radius 3 is 2.30 bits per heavy atom. The van der Waals surface area contributed by atoms with Crippen LogP contribution in [0.5, 0.6) is 0 Å². The number of carbonyl (C=O) groups excluding carboxylic acids is 2. The molecule has 1 aliphatic rings. The second-order valence-corrected chi connectivity index (χ2v) is 10.9. The lowest BCUT2D eigenvalue weighted by molar-refractivity contribution is 0.102. The number of anilines is 1. The quantitative estimate of drug-likeness (QED) is 0.408. The Kier molecular flexibility index (Phi) is 8.53. The van der Waals surface area contributed by atoms with Gasteiger partial charge in [-0.05, 0) is 71.9 Å².